The highest BCUT2D eigenvalue weighted by Gasteiger charge is 2.23. The van der Waals surface area contributed by atoms with Crippen LogP contribution in [0.3, 0.4) is 0 Å². The van der Waals surface area contributed by atoms with Gasteiger partial charge in [0.25, 0.3) is 5.91 Å². The van der Waals surface area contributed by atoms with E-state index < -0.39 is 11.7 Å². The lowest BCUT2D eigenvalue weighted by Crippen LogP contribution is -2.45. The zero-order valence-electron chi connectivity index (χ0n) is 13.4. The molecule has 0 aromatic carbocycles. The number of piperidine rings is 1. The van der Waals surface area contributed by atoms with Gasteiger partial charge >= 0.3 is 0 Å². The van der Waals surface area contributed by atoms with Crippen molar-refractivity contribution in [2.45, 2.75) is 44.6 Å². The third-order valence-electron chi connectivity index (χ3n) is 4.71. The van der Waals surface area contributed by atoms with Crippen LogP contribution < -0.4 is 5.32 Å². The number of amides is 1. The van der Waals surface area contributed by atoms with Gasteiger partial charge in [0.05, 0.1) is 0 Å². The van der Waals surface area contributed by atoms with Crippen LogP contribution in [0.2, 0.25) is 0 Å². The van der Waals surface area contributed by atoms with Crippen molar-refractivity contribution in [2.24, 2.45) is 0 Å². The number of carbonyl (C=O) groups is 1. The monoisotopic (exact) mass is 317 g/mol. The Kier molecular flexibility index (Phi) is 5.39. The molecule has 1 N–H and O–H groups in total. The van der Waals surface area contributed by atoms with E-state index in [4.69, 9.17) is 0 Å². The highest BCUT2D eigenvalue weighted by Crippen LogP contribution is 2.20. The molecule has 3 rings (SSSR count). The van der Waals surface area contributed by atoms with Gasteiger partial charge in [0.1, 0.15) is 0 Å². The molecule has 2 heterocycles. The molecule has 0 spiro atoms. The molecule has 1 aromatic rings. The molecule has 5 heteroatoms. The van der Waals surface area contributed by atoms with Crippen LogP contribution in [0, 0.1) is 5.82 Å². The van der Waals surface area contributed by atoms with Gasteiger partial charge in [-0.1, -0.05) is 11.6 Å². The van der Waals surface area contributed by atoms with Crippen molar-refractivity contribution >= 4 is 5.91 Å². The van der Waals surface area contributed by atoms with Gasteiger partial charge in [0, 0.05) is 31.9 Å². The maximum absolute atomic E-state index is 13.6. The fraction of sp³-hybridized carbons (Fsp3) is 0.556. The number of allylic oxidation sites excluding steroid dienone is 1. The summed E-state index contributed by atoms with van der Waals surface area (Å²) >= 11 is 0. The fourth-order valence-electron chi connectivity index (χ4n) is 3.38. The largest absolute Gasteiger partial charge is 0.348 e. The first kappa shape index (κ1) is 16.1. The molecular weight excluding hydrogens is 293 g/mol. The highest BCUT2D eigenvalue weighted by atomic mass is 19.1. The number of rotatable bonds is 4. The molecule has 124 valence electrons. The summed E-state index contributed by atoms with van der Waals surface area (Å²) in [6.45, 7) is 3.02. The molecule has 1 aliphatic carbocycles. The predicted molar refractivity (Wildman–Crippen MR) is 87.7 cm³/mol. The Hall–Kier alpha value is -1.75. The number of likely N-dealkylation sites (tertiary alicyclic amines) is 1. The van der Waals surface area contributed by atoms with E-state index in [0.29, 0.717) is 0 Å². The fourth-order valence-corrected chi connectivity index (χ4v) is 3.38. The van der Waals surface area contributed by atoms with Gasteiger partial charge in [-0.2, -0.15) is 0 Å². The quantitative estimate of drug-likeness (QED) is 0.869. The summed E-state index contributed by atoms with van der Waals surface area (Å²) in [7, 11) is 0. The van der Waals surface area contributed by atoms with E-state index in [-0.39, 0.29) is 11.7 Å². The topological polar surface area (TPSA) is 45.2 Å². The first-order valence-electron chi connectivity index (χ1n) is 8.54. The van der Waals surface area contributed by atoms with E-state index in [1.165, 1.54) is 44.0 Å². The van der Waals surface area contributed by atoms with Crippen LogP contribution in [0.5, 0.6) is 0 Å². The summed E-state index contributed by atoms with van der Waals surface area (Å²) in [5.74, 6) is -0.969. The number of nitrogens with zero attached hydrogens (tertiary/aromatic N) is 2. The minimum absolute atomic E-state index is 0.109. The summed E-state index contributed by atoms with van der Waals surface area (Å²) in [4.78, 5) is 18.4. The van der Waals surface area contributed by atoms with Gasteiger partial charge in [0.15, 0.2) is 11.5 Å². The number of halogens is 1. The van der Waals surface area contributed by atoms with Gasteiger partial charge in [-0.25, -0.2) is 9.37 Å². The number of hydrogen-bond donors (Lipinski definition) is 1. The molecule has 1 saturated heterocycles. The lowest BCUT2D eigenvalue weighted by Gasteiger charge is -2.33. The van der Waals surface area contributed by atoms with E-state index in [1.807, 2.05) is 0 Å². The van der Waals surface area contributed by atoms with Crippen LogP contribution in [-0.2, 0) is 0 Å². The van der Waals surface area contributed by atoms with E-state index >= 15 is 0 Å². The number of hydrogen-bond acceptors (Lipinski definition) is 3. The predicted octanol–water partition coefficient (Wildman–Crippen LogP) is 2.92. The molecule has 2 aliphatic rings. The Labute approximate surface area is 136 Å². The van der Waals surface area contributed by atoms with Crippen molar-refractivity contribution < 1.29 is 9.18 Å². The van der Waals surface area contributed by atoms with Crippen molar-refractivity contribution in [3.63, 3.8) is 0 Å². The summed E-state index contributed by atoms with van der Waals surface area (Å²) in [5.41, 5.74) is 1.46. The van der Waals surface area contributed by atoms with E-state index in [2.05, 4.69) is 21.3 Å². The molecule has 1 fully saturated rings. The lowest BCUT2D eigenvalue weighted by atomic mass is 9.97. The van der Waals surface area contributed by atoms with Gasteiger partial charge < -0.3 is 5.32 Å². The zero-order valence-corrected chi connectivity index (χ0v) is 13.4. The molecule has 1 amide bonds. The molecule has 1 aliphatic heterocycles. The van der Waals surface area contributed by atoms with Gasteiger partial charge in [-0.3, -0.25) is 9.69 Å². The Balaban J connectivity index is 1.46. The number of nitrogens with one attached hydrogen (secondary N) is 1. The van der Waals surface area contributed by atoms with Gasteiger partial charge in [-0.15, -0.1) is 0 Å². The Bertz CT molecular complexity index is 579. The second-order valence-corrected chi connectivity index (χ2v) is 6.47. The second kappa shape index (κ2) is 7.68. The maximum Gasteiger partial charge on any atom is 0.273 e. The molecular formula is C18H24FN3O. The maximum atomic E-state index is 13.6. The van der Waals surface area contributed by atoms with Crippen molar-refractivity contribution in [3.8, 4) is 0 Å². The third kappa shape index (κ3) is 4.38. The average molecular weight is 317 g/mol. The van der Waals surface area contributed by atoms with Crippen LogP contribution in [0.15, 0.2) is 30.0 Å². The number of aromatic nitrogens is 1. The lowest BCUT2D eigenvalue weighted by molar-refractivity contribution is 0.0903. The molecule has 4 nitrogen and oxygen atoms in total. The average Bonchev–Trinajstić information content (AvgIpc) is 2.58. The molecule has 0 bridgehead atoms. The summed E-state index contributed by atoms with van der Waals surface area (Å²) < 4.78 is 13.6. The van der Waals surface area contributed by atoms with E-state index in [1.54, 1.807) is 5.57 Å². The normalized spacial score (nSPS) is 20.1. The van der Waals surface area contributed by atoms with Crippen LogP contribution in [0.25, 0.3) is 0 Å². The smallest absolute Gasteiger partial charge is 0.273 e. The van der Waals surface area contributed by atoms with Crippen LogP contribution in [-0.4, -0.2) is 41.5 Å². The standard InChI is InChI=1S/C18H24FN3O/c19-16-7-4-10-20-17(16)18(23)21-15-8-11-22(12-9-15)13-14-5-2-1-3-6-14/h4-5,7,10,15H,1-3,6,8-9,11-13H2,(H,21,23). The van der Waals surface area contributed by atoms with Crippen molar-refractivity contribution in [1.82, 2.24) is 15.2 Å². The summed E-state index contributed by atoms with van der Waals surface area (Å²) in [6, 6.07) is 2.87. The first-order valence-corrected chi connectivity index (χ1v) is 8.54. The van der Waals surface area contributed by atoms with Gasteiger partial charge in [-0.05, 0) is 50.7 Å². The minimum atomic E-state index is -0.563. The molecule has 0 radical (unpaired) electrons. The summed E-state index contributed by atoms with van der Waals surface area (Å²) in [5, 5.41) is 2.92. The molecule has 0 saturated carbocycles. The molecule has 23 heavy (non-hydrogen) atoms. The third-order valence-corrected chi connectivity index (χ3v) is 4.71. The second-order valence-electron chi connectivity index (χ2n) is 6.47. The number of carbonyl (C=O) groups excluding carboxylic acids is 1. The highest BCUT2D eigenvalue weighted by molar-refractivity contribution is 5.92. The Morgan fingerprint density at radius 3 is 2.87 bits per heavy atom. The zero-order chi connectivity index (χ0) is 16.1. The van der Waals surface area contributed by atoms with Crippen molar-refractivity contribution in [2.75, 3.05) is 19.6 Å². The minimum Gasteiger partial charge on any atom is -0.348 e. The molecule has 0 unspecified atom stereocenters. The first-order chi connectivity index (χ1) is 11.2. The van der Waals surface area contributed by atoms with Crippen molar-refractivity contribution in [3.05, 3.63) is 41.5 Å². The molecule has 0 atom stereocenters. The van der Waals surface area contributed by atoms with Crippen LogP contribution in [0.1, 0.15) is 49.0 Å². The molecule has 1 aromatic heterocycles. The summed E-state index contributed by atoms with van der Waals surface area (Å²) in [6.07, 6.45) is 10.7. The SMILES string of the molecule is O=C(NC1CCN(CC2=CCCCC2)CC1)c1ncccc1F. The van der Waals surface area contributed by atoms with Crippen LogP contribution >= 0.6 is 0 Å². The van der Waals surface area contributed by atoms with E-state index in [9.17, 15) is 9.18 Å². The van der Waals surface area contributed by atoms with E-state index in [0.717, 1.165) is 32.5 Å². The van der Waals surface area contributed by atoms with Crippen LogP contribution in [0.4, 0.5) is 4.39 Å². The van der Waals surface area contributed by atoms with Gasteiger partial charge in [0.2, 0.25) is 0 Å². The van der Waals surface area contributed by atoms with Crippen molar-refractivity contribution in [1.29, 1.82) is 0 Å². The number of pyridine rings is 1. The Morgan fingerprint density at radius 1 is 1.35 bits per heavy atom. The Morgan fingerprint density at radius 2 is 2.17 bits per heavy atom.